The van der Waals surface area contributed by atoms with Crippen LogP contribution in [0.25, 0.3) is 27.8 Å². The number of para-hydroxylation sites is 1. The van der Waals surface area contributed by atoms with Crippen molar-refractivity contribution in [3.05, 3.63) is 83.7 Å². The predicted octanol–water partition coefficient (Wildman–Crippen LogP) is 5.97. The van der Waals surface area contributed by atoms with Gasteiger partial charge in [0.15, 0.2) is 5.65 Å². The van der Waals surface area contributed by atoms with Crippen molar-refractivity contribution in [1.29, 1.82) is 0 Å². The average Bonchev–Trinajstić information content (AvgIpc) is 3.41. The number of hydrogen-bond acceptors (Lipinski definition) is 3. The molecule has 0 fully saturated rings. The maximum Gasteiger partial charge on any atom is 0.161 e. The second-order valence-electron chi connectivity index (χ2n) is 9.09. The molecule has 0 bridgehead atoms. The summed E-state index contributed by atoms with van der Waals surface area (Å²) in [5, 5.41) is 9.89. The molecule has 3 heterocycles. The Balaban J connectivity index is 1.41. The number of aromatic nitrogens is 4. The van der Waals surface area contributed by atoms with E-state index in [0.717, 1.165) is 42.0 Å². The lowest BCUT2D eigenvalue weighted by atomic mass is 9.91. The number of nitrogens with one attached hydrogen (secondary N) is 2. The second kappa shape index (κ2) is 7.52. The van der Waals surface area contributed by atoms with Gasteiger partial charge in [0.25, 0.3) is 0 Å². The standard InChI is InChI=1S/C27H27N5/c1-17(2)22-16-28-32-26(15-25(31-27(22)32)18-8-4-3-5-9-18)29-19-12-13-24-21(14-19)20-10-6-7-11-23(20)30-24/h3-11,15-17,19,29-30H,12-14H2,1-2H3. The molecule has 6 rings (SSSR count). The van der Waals surface area contributed by atoms with Gasteiger partial charge in [-0.3, -0.25) is 0 Å². The van der Waals surface area contributed by atoms with Crippen LogP contribution in [0.5, 0.6) is 0 Å². The third-order valence-electron chi connectivity index (χ3n) is 6.64. The number of anilines is 1. The molecule has 32 heavy (non-hydrogen) atoms. The molecule has 0 spiro atoms. The van der Waals surface area contributed by atoms with Gasteiger partial charge in [-0.25, -0.2) is 4.98 Å². The highest BCUT2D eigenvalue weighted by molar-refractivity contribution is 5.85. The number of aromatic amines is 1. The molecule has 1 aliphatic carbocycles. The van der Waals surface area contributed by atoms with E-state index in [0.29, 0.717) is 12.0 Å². The number of benzene rings is 2. The smallest absolute Gasteiger partial charge is 0.161 e. The molecule has 0 amide bonds. The van der Waals surface area contributed by atoms with E-state index in [4.69, 9.17) is 10.1 Å². The van der Waals surface area contributed by atoms with Crippen LogP contribution in [-0.2, 0) is 12.8 Å². The Labute approximate surface area is 187 Å². The fourth-order valence-corrected chi connectivity index (χ4v) is 4.95. The van der Waals surface area contributed by atoms with Crippen molar-refractivity contribution in [3.63, 3.8) is 0 Å². The van der Waals surface area contributed by atoms with E-state index in [2.05, 4.69) is 78.7 Å². The first-order valence-electron chi connectivity index (χ1n) is 11.5. The van der Waals surface area contributed by atoms with Crippen LogP contribution < -0.4 is 5.32 Å². The normalized spacial score (nSPS) is 16.0. The molecule has 1 unspecified atom stereocenters. The highest BCUT2D eigenvalue weighted by atomic mass is 15.3. The number of nitrogens with zero attached hydrogens (tertiary/aromatic N) is 3. The molecule has 2 N–H and O–H groups in total. The van der Waals surface area contributed by atoms with Gasteiger partial charge in [0.1, 0.15) is 5.82 Å². The lowest BCUT2D eigenvalue weighted by Crippen LogP contribution is -2.28. The number of aryl methyl sites for hydroxylation is 1. The second-order valence-corrected chi connectivity index (χ2v) is 9.09. The maximum absolute atomic E-state index is 5.00. The molecular formula is C27H27N5. The van der Waals surface area contributed by atoms with Crippen LogP contribution in [0.15, 0.2) is 66.9 Å². The summed E-state index contributed by atoms with van der Waals surface area (Å²) in [6.45, 7) is 4.39. The minimum atomic E-state index is 0.350. The molecule has 5 nitrogen and oxygen atoms in total. The molecule has 3 aromatic heterocycles. The fourth-order valence-electron chi connectivity index (χ4n) is 4.95. The largest absolute Gasteiger partial charge is 0.367 e. The summed E-state index contributed by atoms with van der Waals surface area (Å²) in [5.74, 6) is 1.37. The highest BCUT2D eigenvalue weighted by Crippen LogP contribution is 2.32. The van der Waals surface area contributed by atoms with Crippen LogP contribution in [0, 0.1) is 0 Å². The van der Waals surface area contributed by atoms with Crippen molar-refractivity contribution in [2.75, 3.05) is 5.32 Å². The van der Waals surface area contributed by atoms with E-state index in [1.807, 2.05) is 16.8 Å². The van der Waals surface area contributed by atoms with E-state index in [9.17, 15) is 0 Å². The van der Waals surface area contributed by atoms with Gasteiger partial charge in [0.05, 0.1) is 11.9 Å². The SMILES string of the molecule is CC(C)c1cnn2c(NC3CCc4[nH]c5ccccc5c4C3)cc(-c3ccccc3)nc12. The third-order valence-corrected chi connectivity index (χ3v) is 6.64. The van der Waals surface area contributed by atoms with E-state index < -0.39 is 0 Å². The van der Waals surface area contributed by atoms with E-state index in [-0.39, 0.29) is 0 Å². The van der Waals surface area contributed by atoms with Gasteiger partial charge in [0.2, 0.25) is 0 Å². The van der Waals surface area contributed by atoms with E-state index >= 15 is 0 Å². The number of fused-ring (bicyclic) bond motifs is 4. The summed E-state index contributed by atoms with van der Waals surface area (Å²) >= 11 is 0. The monoisotopic (exact) mass is 421 g/mol. The number of H-pyrrole nitrogens is 1. The van der Waals surface area contributed by atoms with Gasteiger partial charge < -0.3 is 10.3 Å². The summed E-state index contributed by atoms with van der Waals surface area (Å²) in [5.41, 5.74) is 8.28. The quantitative estimate of drug-likeness (QED) is 0.376. The Hall–Kier alpha value is -3.60. The molecule has 5 aromatic rings. The minimum absolute atomic E-state index is 0.350. The number of hydrogen-bond donors (Lipinski definition) is 2. The summed E-state index contributed by atoms with van der Waals surface area (Å²) in [6, 6.07) is 21.5. The van der Waals surface area contributed by atoms with Gasteiger partial charge in [0, 0.05) is 39.8 Å². The topological polar surface area (TPSA) is 58.0 Å². The van der Waals surface area contributed by atoms with Crippen LogP contribution in [-0.4, -0.2) is 25.6 Å². The maximum atomic E-state index is 5.00. The molecular weight excluding hydrogens is 394 g/mol. The molecule has 160 valence electrons. The zero-order valence-corrected chi connectivity index (χ0v) is 18.5. The van der Waals surface area contributed by atoms with Crippen molar-refractivity contribution in [1.82, 2.24) is 19.6 Å². The van der Waals surface area contributed by atoms with Crippen molar-refractivity contribution in [2.45, 2.75) is 45.1 Å². The Morgan fingerprint density at radius 1 is 1.06 bits per heavy atom. The van der Waals surface area contributed by atoms with Gasteiger partial charge in [-0.1, -0.05) is 62.4 Å². The molecule has 0 aliphatic heterocycles. The van der Waals surface area contributed by atoms with Crippen LogP contribution >= 0.6 is 0 Å². The third kappa shape index (κ3) is 3.16. The average molecular weight is 422 g/mol. The predicted molar refractivity (Wildman–Crippen MR) is 130 cm³/mol. The Morgan fingerprint density at radius 3 is 2.72 bits per heavy atom. The Bertz CT molecular complexity index is 1410. The lowest BCUT2D eigenvalue weighted by molar-refractivity contribution is 0.603. The summed E-state index contributed by atoms with van der Waals surface area (Å²) < 4.78 is 1.98. The molecule has 1 aliphatic rings. The van der Waals surface area contributed by atoms with Crippen molar-refractivity contribution in [2.24, 2.45) is 0 Å². The fraction of sp³-hybridized carbons (Fsp3) is 0.259. The zero-order chi connectivity index (χ0) is 21.7. The minimum Gasteiger partial charge on any atom is -0.367 e. The first-order valence-corrected chi connectivity index (χ1v) is 11.5. The van der Waals surface area contributed by atoms with Crippen molar-refractivity contribution >= 4 is 22.4 Å². The summed E-state index contributed by atoms with van der Waals surface area (Å²) in [7, 11) is 0. The van der Waals surface area contributed by atoms with E-state index in [1.165, 1.54) is 27.7 Å². The van der Waals surface area contributed by atoms with Gasteiger partial charge in [-0.15, -0.1) is 0 Å². The molecule has 0 saturated heterocycles. The number of rotatable bonds is 4. The molecule has 5 heteroatoms. The van der Waals surface area contributed by atoms with Crippen molar-refractivity contribution in [3.8, 4) is 11.3 Å². The van der Waals surface area contributed by atoms with Crippen molar-refractivity contribution < 1.29 is 0 Å². The van der Waals surface area contributed by atoms with Crippen LogP contribution in [0.2, 0.25) is 0 Å². The Kier molecular flexibility index (Phi) is 4.49. The van der Waals surface area contributed by atoms with Crippen LogP contribution in [0.1, 0.15) is 43.0 Å². The summed E-state index contributed by atoms with van der Waals surface area (Å²) in [4.78, 5) is 8.63. The van der Waals surface area contributed by atoms with Gasteiger partial charge in [-0.05, 0) is 36.8 Å². The first-order chi connectivity index (χ1) is 15.7. The Morgan fingerprint density at radius 2 is 1.88 bits per heavy atom. The first kappa shape index (κ1) is 19.1. The zero-order valence-electron chi connectivity index (χ0n) is 18.5. The highest BCUT2D eigenvalue weighted by Gasteiger charge is 2.24. The molecule has 0 radical (unpaired) electrons. The van der Waals surface area contributed by atoms with Crippen LogP contribution in [0.3, 0.4) is 0 Å². The molecule has 1 atom stereocenters. The molecule has 2 aromatic carbocycles. The van der Waals surface area contributed by atoms with Gasteiger partial charge >= 0.3 is 0 Å². The van der Waals surface area contributed by atoms with Gasteiger partial charge in [-0.2, -0.15) is 9.61 Å². The molecule has 0 saturated carbocycles. The summed E-state index contributed by atoms with van der Waals surface area (Å²) in [6.07, 6.45) is 5.11. The van der Waals surface area contributed by atoms with Crippen LogP contribution in [0.4, 0.5) is 5.82 Å². The van der Waals surface area contributed by atoms with E-state index in [1.54, 1.807) is 0 Å². The lowest BCUT2D eigenvalue weighted by Gasteiger charge is -2.25.